The van der Waals surface area contributed by atoms with Crippen LogP contribution in [0.3, 0.4) is 0 Å². The van der Waals surface area contributed by atoms with Gasteiger partial charge < -0.3 is 0 Å². The maximum absolute atomic E-state index is 11.8. The second kappa shape index (κ2) is 2.57. The lowest BCUT2D eigenvalue weighted by Gasteiger charge is -2.27. The third kappa shape index (κ3) is 0.871. The summed E-state index contributed by atoms with van der Waals surface area (Å²) < 4.78 is 0. The molecule has 14 heavy (non-hydrogen) atoms. The van der Waals surface area contributed by atoms with Gasteiger partial charge in [0.2, 0.25) is 0 Å². The quantitative estimate of drug-likeness (QED) is 0.568. The van der Waals surface area contributed by atoms with Gasteiger partial charge in [-0.15, -0.1) is 0 Å². The van der Waals surface area contributed by atoms with Crippen molar-refractivity contribution in [3.05, 3.63) is 23.3 Å². The number of carbonyl (C=O) groups excluding carboxylic acids is 2. The third-order valence-corrected chi connectivity index (χ3v) is 3.89. The van der Waals surface area contributed by atoms with E-state index in [1.54, 1.807) is 0 Å². The summed E-state index contributed by atoms with van der Waals surface area (Å²) in [7, 11) is 0. The van der Waals surface area contributed by atoms with E-state index >= 15 is 0 Å². The van der Waals surface area contributed by atoms with Crippen molar-refractivity contribution < 1.29 is 9.59 Å². The monoisotopic (exact) mass is 208 g/mol. The van der Waals surface area contributed by atoms with E-state index in [1.165, 1.54) is 6.08 Å². The van der Waals surface area contributed by atoms with Crippen LogP contribution in [-0.4, -0.2) is 11.6 Å². The van der Waals surface area contributed by atoms with Gasteiger partial charge in [0.1, 0.15) is 0 Å². The highest BCUT2D eigenvalue weighted by atomic mass is 35.5. The number of ketones is 2. The van der Waals surface area contributed by atoms with Crippen LogP contribution in [0.2, 0.25) is 0 Å². The Morgan fingerprint density at radius 2 is 1.79 bits per heavy atom. The van der Waals surface area contributed by atoms with E-state index in [2.05, 4.69) is 12.2 Å². The summed E-state index contributed by atoms with van der Waals surface area (Å²) in [6.07, 6.45) is 6.39. The molecule has 3 aliphatic carbocycles. The second-order valence-electron chi connectivity index (χ2n) is 4.26. The highest BCUT2D eigenvalue weighted by Gasteiger charge is 2.52. The maximum atomic E-state index is 11.8. The Morgan fingerprint density at radius 1 is 1.14 bits per heavy atom. The Balaban J connectivity index is 2.10. The SMILES string of the molecule is O=C1C=C(Cl)C(=O)[C@@H]2[C@@H]1[C@@H]1C=C[C@H]2C1. The van der Waals surface area contributed by atoms with Gasteiger partial charge in [-0.3, -0.25) is 9.59 Å². The lowest BCUT2D eigenvalue weighted by Crippen LogP contribution is -2.36. The molecular formula is C11H9ClO2. The van der Waals surface area contributed by atoms with Crippen LogP contribution in [0.5, 0.6) is 0 Å². The molecule has 3 rings (SSSR count). The van der Waals surface area contributed by atoms with E-state index in [1.807, 2.05) is 0 Å². The zero-order valence-corrected chi connectivity index (χ0v) is 8.20. The smallest absolute Gasteiger partial charge is 0.178 e. The van der Waals surface area contributed by atoms with Crippen LogP contribution in [0.25, 0.3) is 0 Å². The zero-order valence-electron chi connectivity index (χ0n) is 7.44. The van der Waals surface area contributed by atoms with E-state index in [0.717, 1.165) is 6.42 Å². The standard InChI is InChI=1S/C11H9ClO2/c12-7-4-8(13)9-5-1-2-6(3-5)10(9)11(7)14/h1-2,4-6,9-10H,3H2/t5-,6+,9-,10+/m1/s1. The number of carbonyl (C=O) groups is 2. The van der Waals surface area contributed by atoms with Crippen LogP contribution < -0.4 is 0 Å². The first-order chi connectivity index (χ1) is 6.68. The summed E-state index contributed by atoms with van der Waals surface area (Å²) in [4.78, 5) is 23.4. The number of Topliss-reactive ketones (excluding diaryl/α,β-unsaturated/α-hetero) is 1. The molecule has 1 saturated carbocycles. The predicted molar refractivity (Wildman–Crippen MR) is 51.7 cm³/mol. The molecular weight excluding hydrogens is 200 g/mol. The predicted octanol–water partition coefficient (Wildman–Crippen LogP) is 1.70. The largest absolute Gasteiger partial charge is 0.294 e. The van der Waals surface area contributed by atoms with Crippen molar-refractivity contribution in [2.24, 2.45) is 23.7 Å². The molecule has 2 bridgehead atoms. The summed E-state index contributed by atoms with van der Waals surface area (Å²) in [5.74, 6) is 0.269. The van der Waals surface area contributed by atoms with Gasteiger partial charge in [-0.25, -0.2) is 0 Å². The number of fused-ring (bicyclic) bond motifs is 5. The van der Waals surface area contributed by atoms with Crippen molar-refractivity contribution in [3.8, 4) is 0 Å². The van der Waals surface area contributed by atoms with E-state index in [4.69, 9.17) is 11.6 Å². The lowest BCUT2D eigenvalue weighted by molar-refractivity contribution is -0.129. The Morgan fingerprint density at radius 3 is 2.50 bits per heavy atom. The summed E-state index contributed by atoms with van der Waals surface area (Å²) in [6.45, 7) is 0. The van der Waals surface area contributed by atoms with Crippen LogP contribution in [0.4, 0.5) is 0 Å². The van der Waals surface area contributed by atoms with E-state index < -0.39 is 0 Å². The van der Waals surface area contributed by atoms with E-state index in [-0.39, 0.29) is 40.3 Å². The molecule has 0 spiro atoms. The molecule has 0 N–H and O–H groups in total. The molecule has 0 heterocycles. The molecule has 3 heteroatoms. The first kappa shape index (κ1) is 8.42. The number of halogens is 1. The number of hydrogen-bond acceptors (Lipinski definition) is 2. The van der Waals surface area contributed by atoms with Crippen molar-refractivity contribution >= 4 is 23.2 Å². The van der Waals surface area contributed by atoms with Gasteiger partial charge in [-0.1, -0.05) is 23.8 Å². The molecule has 72 valence electrons. The summed E-state index contributed by atoms with van der Waals surface area (Å²) in [5, 5.41) is 0.122. The molecule has 0 aromatic heterocycles. The topological polar surface area (TPSA) is 34.1 Å². The van der Waals surface area contributed by atoms with Crippen LogP contribution in [0, 0.1) is 23.7 Å². The number of hydrogen-bond donors (Lipinski definition) is 0. The van der Waals surface area contributed by atoms with Gasteiger partial charge in [0, 0.05) is 17.9 Å². The minimum absolute atomic E-state index is 0.0342. The van der Waals surface area contributed by atoms with Gasteiger partial charge in [0.25, 0.3) is 0 Å². The van der Waals surface area contributed by atoms with Crippen molar-refractivity contribution in [2.75, 3.05) is 0 Å². The fourth-order valence-electron chi connectivity index (χ4n) is 3.02. The van der Waals surface area contributed by atoms with Crippen LogP contribution in [0.15, 0.2) is 23.3 Å². The average Bonchev–Trinajstić information content (AvgIpc) is 2.73. The van der Waals surface area contributed by atoms with Crippen LogP contribution in [0.1, 0.15) is 6.42 Å². The Bertz CT molecular complexity index is 394. The molecule has 2 nitrogen and oxygen atoms in total. The fraction of sp³-hybridized carbons (Fsp3) is 0.455. The molecule has 0 aromatic carbocycles. The molecule has 0 unspecified atom stereocenters. The van der Waals surface area contributed by atoms with Crippen molar-refractivity contribution in [3.63, 3.8) is 0 Å². The first-order valence-electron chi connectivity index (χ1n) is 4.82. The highest BCUT2D eigenvalue weighted by Crippen LogP contribution is 2.51. The highest BCUT2D eigenvalue weighted by molar-refractivity contribution is 6.45. The third-order valence-electron chi connectivity index (χ3n) is 3.59. The average molecular weight is 209 g/mol. The lowest BCUT2D eigenvalue weighted by atomic mass is 9.75. The Hall–Kier alpha value is -0.890. The van der Waals surface area contributed by atoms with Gasteiger partial charge >= 0.3 is 0 Å². The summed E-state index contributed by atoms with van der Waals surface area (Å²) >= 11 is 5.73. The number of allylic oxidation sites excluding steroid dienone is 4. The zero-order chi connectivity index (χ0) is 9.87. The molecule has 0 radical (unpaired) electrons. The van der Waals surface area contributed by atoms with Gasteiger partial charge in [0.15, 0.2) is 11.6 Å². The molecule has 0 aliphatic heterocycles. The van der Waals surface area contributed by atoms with Crippen LogP contribution >= 0.6 is 11.6 Å². The Labute approximate surface area is 86.6 Å². The van der Waals surface area contributed by atoms with Crippen molar-refractivity contribution in [1.82, 2.24) is 0 Å². The van der Waals surface area contributed by atoms with Crippen molar-refractivity contribution in [2.45, 2.75) is 6.42 Å². The Kier molecular flexibility index (Phi) is 1.55. The minimum Gasteiger partial charge on any atom is -0.294 e. The van der Waals surface area contributed by atoms with Gasteiger partial charge in [-0.05, 0) is 18.3 Å². The molecule has 3 aliphatic rings. The van der Waals surface area contributed by atoms with Crippen LogP contribution in [-0.2, 0) is 9.59 Å². The molecule has 0 amide bonds. The summed E-state index contributed by atoms with van der Waals surface area (Å²) in [6, 6.07) is 0. The molecule has 0 saturated heterocycles. The maximum Gasteiger partial charge on any atom is 0.178 e. The van der Waals surface area contributed by atoms with Gasteiger partial charge in [-0.2, -0.15) is 0 Å². The molecule has 0 aromatic rings. The molecule has 1 fully saturated rings. The second-order valence-corrected chi connectivity index (χ2v) is 4.67. The van der Waals surface area contributed by atoms with E-state index in [0.29, 0.717) is 0 Å². The molecule has 4 atom stereocenters. The fourth-order valence-corrected chi connectivity index (χ4v) is 3.25. The normalized spacial score (nSPS) is 44.2. The van der Waals surface area contributed by atoms with Gasteiger partial charge in [0.05, 0.1) is 5.03 Å². The number of rotatable bonds is 0. The minimum atomic E-state index is -0.157. The summed E-state index contributed by atoms with van der Waals surface area (Å²) in [5.41, 5.74) is 0. The first-order valence-corrected chi connectivity index (χ1v) is 5.20. The van der Waals surface area contributed by atoms with Crippen molar-refractivity contribution in [1.29, 1.82) is 0 Å². The van der Waals surface area contributed by atoms with E-state index in [9.17, 15) is 9.59 Å².